The molecule has 0 aliphatic carbocycles. The van der Waals surface area contributed by atoms with E-state index in [0.717, 1.165) is 50.7 Å². The van der Waals surface area contributed by atoms with Crippen molar-refractivity contribution in [3.63, 3.8) is 0 Å². The Morgan fingerprint density at radius 1 is 1.27 bits per heavy atom. The van der Waals surface area contributed by atoms with Gasteiger partial charge in [0.2, 0.25) is 0 Å². The standard InChI is InChI=1S/C16H23N9O/c1-12-18-20-21-24(12)6-3-5-23-8-9-25-13(11-23)10-14(19-25)15(26)16-17-4-7-22(16)2/h4,7,10,15,26H,3,5-6,8-9,11H2,1-2H3/t15-/m0/s1. The summed E-state index contributed by atoms with van der Waals surface area (Å²) in [4.78, 5) is 6.62. The van der Waals surface area contributed by atoms with Crippen LogP contribution in [0.5, 0.6) is 0 Å². The predicted octanol–water partition coefficient (Wildman–Crippen LogP) is -0.101. The zero-order chi connectivity index (χ0) is 18.1. The summed E-state index contributed by atoms with van der Waals surface area (Å²) in [6.07, 6.45) is 3.69. The zero-order valence-electron chi connectivity index (χ0n) is 15.0. The number of aliphatic hydroxyl groups is 1. The highest BCUT2D eigenvalue weighted by atomic mass is 16.3. The van der Waals surface area contributed by atoms with Crippen molar-refractivity contribution in [3.05, 3.63) is 41.5 Å². The summed E-state index contributed by atoms with van der Waals surface area (Å²) in [5.41, 5.74) is 1.78. The molecule has 0 amide bonds. The molecule has 0 fully saturated rings. The molecule has 26 heavy (non-hydrogen) atoms. The summed E-state index contributed by atoms with van der Waals surface area (Å²) < 4.78 is 5.63. The van der Waals surface area contributed by atoms with Gasteiger partial charge < -0.3 is 9.67 Å². The molecule has 10 heteroatoms. The molecule has 0 saturated heterocycles. The van der Waals surface area contributed by atoms with Gasteiger partial charge in [0.05, 0.1) is 17.9 Å². The maximum Gasteiger partial charge on any atom is 0.155 e. The summed E-state index contributed by atoms with van der Waals surface area (Å²) >= 11 is 0. The number of hydrogen-bond donors (Lipinski definition) is 1. The van der Waals surface area contributed by atoms with Gasteiger partial charge in [0.1, 0.15) is 11.6 Å². The molecule has 0 spiro atoms. The number of tetrazole rings is 1. The summed E-state index contributed by atoms with van der Waals surface area (Å²) in [6, 6.07) is 1.98. The summed E-state index contributed by atoms with van der Waals surface area (Å²) in [5, 5.41) is 26.7. The molecule has 0 bridgehead atoms. The second-order valence-electron chi connectivity index (χ2n) is 6.66. The average molecular weight is 357 g/mol. The molecule has 4 heterocycles. The van der Waals surface area contributed by atoms with Crippen molar-refractivity contribution >= 4 is 0 Å². The fourth-order valence-electron chi connectivity index (χ4n) is 3.34. The van der Waals surface area contributed by atoms with E-state index in [9.17, 15) is 5.11 Å². The first-order chi connectivity index (χ1) is 12.6. The monoisotopic (exact) mass is 357 g/mol. The molecule has 0 radical (unpaired) electrons. The fraction of sp³-hybridized carbons (Fsp3) is 0.562. The van der Waals surface area contributed by atoms with E-state index in [0.29, 0.717) is 11.5 Å². The average Bonchev–Trinajstić information content (AvgIpc) is 3.34. The van der Waals surface area contributed by atoms with Gasteiger partial charge in [-0.05, 0) is 29.8 Å². The van der Waals surface area contributed by atoms with Crippen LogP contribution in [0.15, 0.2) is 18.5 Å². The van der Waals surface area contributed by atoms with Gasteiger partial charge in [0.25, 0.3) is 0 Å². The molecule has 3 aromatic rings. The maximum absolute atomic E-state index is 10.6. The van der Waals surface area contributed by atoms with Crippen LogP contribution in [0.1, 0.15) is 35.6 Å². The van der Waals surface area contributed by atoms with Crippen molar-refractivity contribution in [2.24, 2.45) is 7.05 Å². The van der Waals surface area contributed by atoms with Gasteiger partial charge in [-0.15, -0.1) is 5.10 Å². The van der Waals surface area contributed by atoms with Crippen molar-refractivity contribution in [1.29, 1.82) is 0 Å². The Labute approximate surface area is 151 Å². The minimum Gasteiger partial charge on any atom is -0.379 e. The van der Waals surface area contributed by atoms with Gasteiger partial charge in [0, 0.05) is 45.6 Å². The van der Waals surface area contributed by atoms with Gasteiger partial charge >= 0.3 is 0 Å². The highest BCUT2D eigenvalue weighted by molar-refractivity contribution is 5.19. The number of aromatic nitrogens is 8. The zero-order valence-corrected chi connectivity index (χ0v) is 15.0. The predicted molar refractivity (Wildman–Crippen MR) is 91.9 cm³/mol. The highest BCUT2D eigenvalue weighted by Crippen LogP contribution is 2.22. The smallest absolute Gasteiger partial charge is 0.155 e. The lowest BCUT2D eigenvalue weighted by atomic mass is 10.2. The fourth-order valence-corrected chi connectivity index (χ4v) is 3.34. The van der Waals surface area contributed by atoms with E-state index < -0.39 is 6.10 Å². The Bertz CT molecular complexity index is 880. The van der Waals surface area contributed by atoms with Crippen LogP contribution in [0.25, 0.3) is 0 Å². The van der Waals surface area contributed by atoms with Crippen LogP contribution in [-0.2, 0) is 26.7 Å². The third-order valence-electron chi connectivity index (χ3n) is 4.83. The molecule has 0 unspecified atom stereocenters. The van der Waals surface area contributed by atoms with Gasteiger partial charge in [-0.25, -0.2) is 9.67 Å². The number of rotatable bonds is 6. The van der Waals surface area contributed by atoms with Gasteiger partial charge in [-0.2, -0.15) is 5.10 Å². The number of nitrogens with zero attached hydrogens (tertiary/aromatic N) is 9. The van der Waals surface area contributed by atoms with E-state index in [1.54, 1.807) is 6.20 Å². The van der Waals surface area contributed by atoms with Crippen LogP contribution < -0.4 is 0 Å². The summed E-state index contributed by atoms with van der Waals surface area (Å²) in [7, 11) is 1.87. The van der Waals surface area contributed by atoms with Crippen molar-refractivity contribution in [2.75, 3.05) is 13.1 Å². The first kappa shape index (κ1) is 16.9. The Morgan fingerprint density at radius 2 is 2.15 bits per heavy atom. The SMILES string of the molecule is Cc1nnnn1CCCN1CCn2nc([C@H](O)c3nccn3C)cc2C1. The number of aryl methyl sites for hydroxylation is 3. The third kappa shape index (κ3) is 3.25. The van der Waals surface area contributed by atoms with Crippen LogP contribution in [0.3, 0.4) is 0 Å². The molecule has 0 saturated carbocycles. The van der Waals surface area contributed by atoms with Crippen LogP contribution in [0, 0.1) is 6.92 Å². The van der Waals surface area contributed by atoms with E-state index in [2.05, 4.69) is 30.5 Å². The number of hydrogen-bond acceptors (Lipinski definition) is 7. The van der Waals surface area contributed by atoms with Gasteiger partial charge in [-0.1, -0.05) is 0 Å². The largest absolute Gasteiger partial charge is 0.379 e. The lowest BCUT2D eigenvalue weighted by Crippen LogP contribution is -2.34. The Kier molecular flexibility index (Phi) is 4.51. The van der Waals surface area contributed by atoms with E-state index in [1.165, 1.54) is 0 Å². The number of imidazole rings is 1. The topological polar surface area (TPSA) is 103 Å². The maximum atomic E-state index is 10.6. The van der Waals surface area contributed by atoms with Gasteiger partial charge in [-0.3, -0.25) is 9.58 Å². The minimum absolute atomic E-state index is 0.606. The molecular weight excluding hydrogens is 334 g/mol. The summed E-state index contributed by atoms with van der Waals surface area (Å²) in [5.74, 6) is 1.45. The molecule has 3 aromatic heterocycles. The lowest BCUT2D eigenvalue weighted by molar-refractivity contribution is 0.195. The van der Waals surface area contributed by atoms with Crippen molar-refractivity contribution in [1.82, 2.24) is 44.4 Å². The van der Waals surface area contributed by atoms with E-state index in [1.807, 2.05) is 40.2 Å². The Balaban J connectivity index is 1.37. The first-order valence-corrected chi connectivity index (χ1v) is 8.79. The molecule has 1 aliphatic rings. The molecule has 1 N–H and O–H groups in total. The lowest BCUT2D eigenvalue weighted by Gasteiger charge is -2.27. The molecule has 4 rings (SSSR count). The van der Waals surface area contributed by atoms with E-state index >= 15 is 0 Å². The second-order valence-corrected chi connectivity index (χ2v) is 6.66. The molecule has 1 aliphatic heterocycles. The molecule has 10 nitrogen and oxygen atoms in total. The Morgan fingerprint density at radius 3 is 2.88 bits per heavy atom. The highest BCUT2D eigenvalue weighted by Gasteiger charge is 2.23. The van der Waals surface area contributed by atoms with Crippen LogP contribution in [-0.4, -0.2) is 62.6 Å². The Hall–Kier alpha value is -2.59. The van der Waals surface area contributed by atoms with E-state index in [-0.39, 0.29) is 0 Å². The van der Waals surface area contributed by atoms with Gasteiger partial charge in [0.15, 0.2) is 6.10 Å². The summed E-state index contributed by atoms with van der Waals surface area (Å²) in [6.45, 7) is 6.30. The third-order valence-corrected chi connectivity index (χ3v) is 4.83. The molecular formula is C16H23N9O. The molecule has 1 atom stereocenters. The molecule has 0 aromatic carbocycles. The second kappa shape index (κ2) is 6.96. The van der Waals surface area contributed by atoms with Crippen molar-refractivity contribution < 1.29 is 5.11 Å². The van der Waals surface area contributed by atoms with Crippen LogP contribution >= 0.6 is 0 Å². The van der Waals surface area contributed by atoms with Crippen LogP contribution in [0.4, 0.5) is 0 Å². The quantitative estimate of drug-likeness (QED) is 0.657. The van der Waals surface area contributed by atoms with E-state index in [4.69, 9.17) is 0 Å². The van der Waals surface area contributed by atoms with Crippen molar-refractivity contribution in [2.45, 2.75) is 39.1 Å². The normalized spacial score (nSPS) is 16.0. The minimum atomic E-state index is -0.802. The molecule has 138 valence electrons. The van der Waals surface area contributed by atoms with Crippen LogP contribution in [0.2, 0.25) is 0 Å². The number of fused-ring (bicyclic) bond motifs is 1. The van der Waals surface area contributed by atoms with Crippen molar-refractivity contribution in [3.8, 4) is 0 Å². The number of aliphatic hydroxyl groups excluding tert-OH is 1. The first-order valence-electron chi connectivity index (χ1n) is 8.79.